The van der Waals surface area contributed by atoms with Gasteiger partial charge in [-0.05, 0) is 46.5 Å². The lowest BCUT2D eigenvalue weighted by Gasteiger charge is -2.24. The van der Waals surface area contributed by atoms with Crippen molar-refractivity contribution < 1.29 is 4.42 Å². The van der Waals surface area contributed by atoms with Crippen molar-refractivity contribution in [3.8, 4) is 22.3 Å². The van der Waals surface area contributed by atoms with E-state index in [2.05, 4.69) is 157 Å². The molecular formula is C45H29N3OS. The van der Waals surface area contributed by atoms with Crippen LogP contribution in [-0.2, 0) is 0 Å². The average Bonchev–Trinajstić information content (AvgIpc) is 3.77. The van der Waals surface area contributed by atoms with Gasteiger partial charge in [0.15, 0.2) is 5.84 Å². The van der Waals surface area contributed by atoms with Crippen molar-refractivity contribution in [2.45, 2.75) is 6.17 Å². The van der Waals surface area contributed by atoms with Gasteiger partial charge in [-0.15, -0.1) is 11.3 Å². The Kier molecular flexibility index (Phi) is 6.71. The van der Waals surface area contributed by atoms with Gasteiger partial charge in [0.25, 0.3) is 0 Å². The fourth-order valence-electron chi connectivity index (χ4n) is 7.24. The van der Waals surface area contributed by atoms with E-state index in [9.17, 15) is 0 Å². The molecule has 1 aliphatic heterocycles. The molecule has 5 heteroatoms. The topological polar surface area (TPSA) is 49.9 Å². The highest BCUT2D eigenvalue weighted by atomic mass is 32.1. The SMILES string of the molecule is c1ccc(-c2cccc(C3=NC(c4ccccc4)NC(c4cccc5oc6cccc(-c7cccc8c7sc7ccccc78)c6c45)=N3)c2)cc1. The lowest BCUT2D eigenvalue weighted by molar-refractivity contribution is 0.668. The van der Waals surface area contributed by atoms with Gasteiger partial charge in [-0.2, -0.15) is 0 Å². The summed E-state index contributed by atoms with van der Waals surface area (Å²) in [5.41, 5.74) is 9.31. The Hall–Kier alpha value is -6.30. The van der Waals surface area contributed by atoms with Gasteiger partial charge in [0.05, 0.1) is 0 Å². The molecule has 0 saturated heterocycles. The number of hydrogen-bond acceptors (Lipinski definition) is 5. The molecule has 0 saturated carbocycles. The van der Waals surface area contributed by atoms with Crippen LogP contribution >= 0.6 is 11.3 Å². The number of nitrogens with zero attached hydrogens (tertiary/aromatic N) is 2. The van der Waals surface area contributed by atoms with E-state index in [0.717, 1.165) is 61.2 Å². The molecule has 0 spiro atoms. The highest BCUT2D eigenvalue weighted by Crippen LogP contribution is 2.44. The number of amidine groups is 2. The second-order valence-electron chi connectivity index (χ2n) is 12.6. The number of benzene rings is 7. The molecular weight excluding hydrogens is 631 g/mol. The van der Waals surface area contributed by atoms with Gasteiger partial charge in [0.2, 0.25) is 0 Å². The van der Waals surface area contributed by atoms with Crippen molar-refractivity contribution >= 4 is 65.1 Å². The fourth-order valence-corrected chi connectivity index (χ4v) is 8.47. The van der Waals surface area contributed by atoms with E-state index in [1.807, 2.05) is 23.5 Å². The van der Waals surface area contributed by atoms with Crippen LogP contribution in [0.15, 0.2) is 178 Å². The summed E-state index contributed by atoms with van der Waals surface area (Å²) in [4.78, 5) is 10.4. The van der Waals surface area contributed by atoms with Gasteiger partial charge in [0, 0.05) is 47.6 Å². The molecule has 1 unspecified atom stereocenters. The first kappa shape index (κ1) is 28.7. The van der Waals surface area contributed by atoms with Gasteiger partial charge in [-0.1, -0.05) is 140 Å². The Morgan fingerprint density at radius 2 is 1.14 bits per heavy atom. The van der Waals surface area contributed by atoms with Crippen LogP contribution in [0.4, 0.5) is 0 Å². The summed E-state index contributed by atoms with van der Waals surface area (Å²) >= 11 is 1.84. The summed E-state index contributed by atoms with van der Waals surface area (Å²) < 4.78 is 9.16. The van der Waals surface area contributed by atoms with Crippen LogP contribution < -0.4 is 5.32 Å². The summed E-state index contributed by atoms with van der Waals surface area (Å²) in [7, 11) is 0. The van der Waals surface area contributed by atoms with Gasteiger partial charge < -0.3 is 9.73 Å². The smallest absolute Gasteiger partial charge is 0.159 e. The van der Waals surface area contributed by atoms with E-state index in [1.54, 1.807) is 0 Å². The normalized spacial score (nSPS) is 14.6. The number of aliphatic imine (C=N–C) groups is 2. The summed E-state index contributed by atoms with van der Waals surface area (Å²) in [5.74, 6) is 1.45. The molecule has 1 aliphatic rings. The predicted molar refractivity (Wildman–Crippen MR) is 209 cm³/mol. The molecule has 0 radical (unpaired) electrons. The molecule has 7 aromatic carbocycles. The third kappa shape index (κ3) is 4.74. The molecule has 236 valence electrons. The monoisotopic (exact) mass is 659 g/mol. The maximum Gasteiger partial charge on any atom is 0.159 e. The summed E-state index contributed by atoms with van der Waals surface area (Å²) in [5, 5.41) is 8.39. The van der Waals surface area contributed by atoms with Crippen LogP contribution in [0.1, 0.15) is 22.9 Å². The molecule has 10 rings (SSSR count). The standard InChI is InChI=1S/C45H29N3OS/c1-3-13-28(14-4-1)30-17-9-18-31(27-30)44-46-43(29-15-5-2-6-16-29)47-45(48-44)36-23-12-25-38-41(36)40-33(20-11-24-37(40)49-38)35-22-10-21-34-32-19-7-8-26-39(32)50-42(34)35/h1-27,43H,(H,46,47,48). The zero-order chi connectivity index (χ0) is 33.0. The van der Waals surface area contributed by atoms with E-state index in [4.69, 9.17) is 14.4 Å². The molecule has 4 nitrogen and oxygen atoms in total. The highest BCUT2D eigenvalue weighted by molar-refractivity contribution is 7.26. The Morgan fingerprint density at radius 3 is 1.98 bits per heavy atom. The Bertz CT molecular complexity index is 2790. The molecule has 0 bridgehead atoms. The van der Waals surface area contributed by atoms with Crippen LogP contribution in [-0.4, -0.2) is 11.7 Å². The molecule has 3 heterocycles. The van der Waals surface area contributed by atoms with Gasteiger partial charge in [-0.3, -0.25) is 0 Å². The van der Waals surface area contributed by atoms with Gasteiger partial charge in [-0.25, -0.2) is 9.98 Å². The third-order valence-corrected chi connectivity index (χ3v) is 10.8. The van der Waals surface area contributed by atoms with Crippen molar-refractivity contribution in [3.05, 3.63) is 180 Å². The third-order valence-electron chi connectivity index (χ3n) is 9.56. The Balaban J connectivity index is 1.19. The molecule has 0 amide bonds. The van der Waals surface area contributed by atoms with Crippen LogP contribution in [0.3, 0.4) is 0 Å². The van der Waals surface area contributed by atoms with Crippen LogP contribution in [0.5, 0.6) is 0 Å². The quantitative estimate of drug-likeness (QED) is 0.200. The minimum absolute atomic E-state index is 0.320. The molecule has 0 fully saturated rings. The number of thiophene rings is 1. The maximum atomic E-state index is 6.60. The van der Waals surface area contributed by atoms with Crippen molar-refractivity contribution in [1.29, 1.82) is 0 Å². The molecule has 1 atom stereocenters. The average molecular weight is 660 g/mol. The van der Waals surface area contributed by atoms with Crippen molar-refractivity contribution in [2.24, 2.45) is 9.98 Å². The zero-order valence-corrected chi connectivity index (χ0v) is 27.7. The number of furan rings is 1. The number of hydrogen-bond donors (Lipinski definition) is 1. The molecule has 1 N–H and O–H groups in total. The van der Waals surface area contributed by atoms with Crippen molar-refractivity contribution in [3.63, 3.8) is 0 Å². The molecule has 50 heavy (non-hydrogen) atoms. The molecule has 0 aliphatic carbocycles. The highest BCUT2D eigenvalue weighted by Gasteiger charge is 2.25. The maximum absolute atomic E-state index is 6.60. The zero-order valence-electron chi connectivity index (χ0n) is 26.9. The first-order chi connectivity index (χ1) is 24.8. The van der Waals surface area contributed by atoms with Gasteiger partial charge >= 0.3 is 0 Å². The fraction of sp³-hybridized carbons (Fsp3) is 0.0222. The summed E-state index contributed by atoms with van der Waals surface area (Å²) in [6, 6.07) is 57.2. The minimum atomic E-state index is -0.320. The number of rotatable bonds is 5. The largest absolute Gasteiger partial charge is 0.456 e. The van der Waals surface area contributed by atoms with E-state index in [-0.39, 0.29) is 6.17 Å². The van der Waals surface area contributed by atoms with Crippen molar-refractivity contribution in [1.82, 2.24) is 5.32 Å². The van der Waals surface area contributed by atoms with E-state index >= 15 is 0 Å². The second kappa shape index (κ2) is 11.7. The van der Waals surface area contributed by atoms with Crippen LogP contribution in [0.2, 0.25) is 0 Å². The number of fused-ring (bicyclic) bond motifs is 6. The summed E-state index contributed by atoms with van der Waals surface area (Å²) in [6.45, 7) is 0. The molecule has 2 aromatic heterocycles. The molecule has 9 aromatic rings. The predicted octanol–water partition coefficient (Wildman–Crippen LogP) is 11.8. The lowest BCUT2D eigenvalue weighted by Crippen LogP contribution is -2.33. The second-order valence-corrected chi connectivity index (χ2v) is 13.6. The van der Waals surface area contributed by atoms with E-state index in [0.29, 0.717) is 5.84 Å². The minimum Gasteiger partial charge on any atom is -0.456 e. The van der Waals surface area contributed by atoms with Gasteiger partial charge in [0.1, 0.15) is 23.2 Å². The lowest BCUT2D eigenvalue weighted by atomic mass is 9.95. The summed E-state index contributed by atoms with van der Waals surface area (Å²) in [6.07, 6.45) is -0.320. The number of nitrogens with one attached hydrogen (secondary N) is 1. The Morgan fingerprint density at radius 1 is 0.520 bits per heavy atom. The van der Waals surface area contributed by atoms with E-state index < -0.39 is 0 Å². The van der Waals surface area contributed by atoms with Crippen LogP contribution in [0.25, 0.3) is 64.4 Å². The van der Waals surface area contributed by atoms with Crippen LogP contribution in [0, 0.1) is 0 Å². The first-order valence-corrected chi connectivity index (χ1v) is 17.6. The van der Waals surface area contributed by atoms with Crippen molar-refractivity contribution in [2.75, 3.05) is 0 Å². The van der Waals surface area contributed by atoms with E-state index in [1.165, 1.54) is 25.7 Å². The first-order valence-electron chi connectivity index (χ1n) is 16.8. The Labute approximate surface area is 292 Å².